The predicted molar refractivity (Wildman–Crippen MR) is 113 cm³/mol. The van der Waals surface area contributed by atoms with Gasteiger partial charge in [-0.2, -0.15) is 0 Å². The molecule has 1 aliphatic heterocycles. The van der Waals surface area contributed by atoms with Crippen LogP contribution in [0.4, 0.5) is 14.9 Å². The minimum atomic E-state index is -0.318. The van der Waals surface area contributed by atoms with Gasteiger partial charge in [0.2, 0.25) is 0 Å². The second-order valence-electron chi connectivity index (χ2n) is 7.12. The van der Waals surface area contributed by atoms with Crippen molar-refractivity contribution in [1.82, 2.24) is 10.2 Å². The Hall–Kier alpha value is -2.86. The van der Waals surface area contributed by atoms with Gasteiger partial charge in [-0.3, -0.25) is 0 Å². The number of amides is 2. The van der Waals surface area contributed by atoms with E-state index in [4.69, 9.17) is 4.74 Å². The van der Waals surface area contributed by atoms with Crippen molar-refractivity contribution < 1.29 is 13.9 Å². The highest BCUT2D eigenvalue weighted by Crippen LogP contribution is 2.20. The topological polar surface area (TPSA) is 44.8 Å². The lowest BCUT2D eigenvalue weighted by molar-refractivity contribution is 0.122. The Balaban J connectivity index is 1.62. The molecule has 29 heavy (non-hydrogen) atoms. The summed E-state index contributed by atoms with van der Waals surface area (Å²) in [6.45, 7) is 9.44. The zero-order valence-corrected chi connectivity index (χ0v) is 16.8. The van der Waals surface area contributed by atoms with Gasteiger partial charge in [-0.05, 0) is 30.7 Å². The molecule has 1 fully saturated rings. The third-order valence-corrected chi connectivity index (χ3v) is 5.07. The number of ether oxygens (including phenoxy) is 1. The van der Waals surface area contributed by atoms with Crippen LogP contribution in [0.1, 0.15) is 24.1 Å². The Morgan fingerprint density at radius 1 is 1.24 bits per heavy atom. The second-order valence-corrected chi connectivity index (χ2v) is 7.12. The van der Waals surface area contributed by atoms with Crippen LogP contribution in [0, 0.1) is 5.82 Å². The molecule has 6 heteroatoms. The van der Waals surface area contributed by atoms with Crippen molar-refractivity contribution in [2.24, 2.45) is 0 Å². The van der Waals surface area contributed by atoms with Gasteiger partial charge in [0, 0.05) is 30.9 Å². The number of carbonyl (C=O) groups excluding carboxylic acids is 1. The molecule has 1 saturated heterocycles. The highest BCUT2D eigenvalue weighted by atomic mass is 19.1. The van der Waals surface area contributed by atoms with Crippen molar-refractivity contribution in [2.75, 3.05) is 37.7 Å². The van der Waals surface area contributed by atoms with Crippen molar-refractivity contribution in [3.05, 3.63) is 78.1 Å². The van der Waals surface area contributed by atoms with Crippen LogP contribution in [0.5, 0.6) is 0 Å². The van der Waals surface area contributed by atoms with E-state index < -0.39 is 0 Å². The van der Waals surface area contributed by atoms with Crippen molar-refractivity contribution in [3.8, 4) is 0 Å². The van der Waals surface area contributed by atoms with Crippen LogP contribution in [0.2, 0.25) is 0 Å². The van der Waals surface area contributed by atoms with Gasteiger partial charge in [-0.15, -0.1) is 6.58 Å². The molecule has 1 unspecified atom stereocenters. The van der Waals surface area contributed by atoms with Crippen molar-refractivity contribution in [1.29, 1.82) is 0 Å². The van der Waals surface area contributed by atoms with Crippen molar-refractivity contribution >= 4 is 11.7 Å². The number of nitrogens with one attached hydrogen (secondary N) is 1. The van der Waals surface area contributed by atoms with Gasteiger partial charge in [0.05, 0.1) is 25.8 Å². The lowest BCUT2D eigenvalue weighted by atomic mass is 10.1. The van der Waals surface area contributed by atoms with E-state index in [-0.39, 0.29) is 24.4 Å². The number of urea groups is 1. The molecule has 2 aromatic carbocycles. The van der Waals surface area contributed by atoms with Gasteiger partial charge in [-0.1, -0.05) is 36.4 Å². The SMILES string of the molecule is C=CCN(Cc1ccccc1F)C(=O)NC(C)c1ccc(N2CCOCC2)cc1. The fourth-order valence-corrected chi connectivity index (χ4v) is 3.36. The Labute approximate surface area is 171 Å². The number of anilines is 1. The molecule has 5 nitrogen and oxygen atoms in total. The number of morpholine rings is 1. The number of hydrogen-bond acceptors (Lipinski definition) is 3. The van der Waals surface area contributed by atoms with Crippen LogP contribution >= 0.6 is 0 Å². The van der Waals surface area contributed by atoms with E-state index in [0.717, 1.165) is 37.6 Å². The largest absolute Gasteiger partial charge is 0.378 e. The summed E-state index contributed by atoms with van der Waals surface area (Å²) in [5.41, 5.74) is 2.65. The fraction of sp³-hybridized carbons (Fsp3) is 0.348. The molecule has 1 aliphatic rings. The first kappa shape index (κ1) is 20.9. The van der Waals surface area contributed by atoms with Crippen LogP contribution in [0.15, 0.2) is 61.2 Å². The summed E-state index contributed by atoms with van der Waals surface area (Å²) in [4.78, 5) is 16.6. The molecule has 0 radical (unpaired) electrons. The summed E-state index contributed by atoms with van der Waals surface area (Å²) in [7, 11) is 0. The molecule has 2 amide bonds. The number of rotatable bonds is 7. The maximum atomic E-state index is 14.0. The normalized spacial score (nSPS) is 14.9. The molecule has 0 bridgehead atoms. The molecule has 0 aliphatic carbocycles. The molecule has 154 valence electrons. The Morgan fingerprint density at radius 2 is 1.93 bits per heavy atom. The molecule has 1 atom stereocenters. The lowest BCUT2D eigenvalue weighted by Gasteiger charge is -2.29. The van der Waals surface area contributed by atoms with Gasteiger partial charge in [0.25, 0.3) is 0 Å². The Kier molecular flexibility index (Phi) is 7.25. The first-order chi connectivity index (χ1) is 14.1. The third kappa shape index (κ3) is 5.57. The third-order valence-electron chi connectivity index (χ3n) is 5.07. The average molecular weight is 397 g/mol. The lowest BCUT2D eigenvalue weighted by Crippen LogP contribution is -2.41. The van der Waals surface area contributed by atoms with Crippen LogP contribution in [-0.2, 0) is 11.3 Å². The van der Waals surface area contributed by atoms with Crippen molar-refractivity contribution in [2.45, 2.75) is 19.5 Å². The summed E-state index contributed by atoms with van der Waals surface area (Å²) < 4.78 is 19.4. The van der Waals surface area contributed by atoms with Crippen LogP contribution in [0.3, 0.4) is 0 Å². The Morgan fingerprint density at radius 3 is 2.59 bits per heavy atom. The maximum absolute atomic E-state index is 14.0. The first-order valence-electron chi connectivity index (χ1n) is 9.91. The number of hydrogen-bond donors (Lipinski definition) is 1. The highest BCUT2D eigenvalue weighted by molar-refractivity contribution is 5.75. The van der Waals surface area contributed by atoms with E-state index in [2.05, 4.69) is 28.9 Å². The molecule has 1 N–H and O–H groups in total. The van der Waals surface area contributed by atoms with E-state index in [9.17, 15) is 9.18 Å². The van der Waals surface area contributed by atoms with E-state index in [0.29, 0.717) is 12.1 Å². The summed E-state index contributed by atoms with van der Waals surface area (Å²) in [6.07, 6.45) is 1.64. The number of nitrogens with zero attached hydrogens (tertiary/aromatic N) is 2. The molecule has 3 rings (SSSR count). The van der Waals surface area contributed by atoms with E-state index >= 15 is 0 Å². The molecule has 2 aromatic rings. The molecule has 0 saturated carbocycles. The molecular formula is C23H28FN3O2. The number of benzene rings is 2. The molecule has 0 spiro atoms. The van der Waals surface area contributed by atoms with Crippen LogP contribution in [0.25, 0.3) is 0 Å². The first-order valence-corrected chi connectivity index (χ1v) is 9.91. The van der Waals surface area contributed by atoms with Gasteiger partial charge in [-0.25, -0.2) is 9.18 Å². The van der Waals surface area contributed by atoms with Gasteiger partial charge in [0.15, 0.2) is 0 Å². The zero-order valence-electron chi connectivity index (χ0n) is 16.8. The Bertz CT molecular complexity index is 819. The minimum absolute atomic E-state index is 0.172. The van der Waals surface area contributed by atoms with Crippen LogP contribution < -0.4 is 10.2 Å². The predicted octanol–water partition coefficient (Wildman–Crippen LogP) is 4.12. The quantitative estimate of drug-likeness (QED) is 0.715. The monoisotopic (exact) mass is 397 g/mol. The fourth-order valence-electron chi connectivity index (χ4n) is 3.36. The summed E-state index contributed by atoms with van der Waals surface area (Å²) in [5, 5.41) is 3.00. The number of halogens is 1. The standard InChI is InChI=1S/C23H28FN3O2/c1-3-12-27(17-20-6-4-5-7-22(20)24)23(28)25-18(2)19-8-10-21(11-9-19)26-13-15-29-16-14-26/h3-11,18H,1,12-17H2,2H3,(H,25,28). The minimum Gasteiger partial charge on any atom is -0.378 e. The molecule has 1 heterocycles. The second kappa shape index (κ2) is 10.1. The number of carbonyl (C=O) groups is 1. The average Bonchev–Trinajstić information content (AvgIpc) is 2.75. The summed E-state index contributed by atoms with van der Waals surface area (Å²) >= 11 is 0. The van der Waals surface area contributed by atoms with E-state index in [1.807, 2.05) is 19.1 Å². The van der Waals surface area contributed by atoms with Crippen molar-refractivity contribution in [3.63, 3.8) is 0 Å². The maximum Gasteiger partial charge on any atom is 0.318 e. The smallest absolute Gasteiger partial charge is 0.318 e. The van der Waals surface area contributed by atoms with E-state index in [1.54, 1.807) is 29.2 Å². The van der Waals surface area contributed by atoms with Crippen LogP contribution in [-0.4, -0.2) is 43.8 Å². The van der Waals surface area contributed by atoms with E-state index in [1.165, 1.54) is 6.07 Å². The van der Waals surface area contributed by atoms with Gasteiger partial charge >= 0.3 is 6.03 Å². The zero-order chi connectivity index (χ0) is 20.6. The molecular weight excluding hydrogens is 369 g/mol. The summed E-state index contributed by atoms with van der Waals surface area (Å²) in [5.74, 6) is -0.318. The summed E-state index contributed by atoms with van der Waals surface area (Å²) in [6, 6.07) is 14.3. The molecule has 0 aromatic heterocycles. The van der Waals surface area contributed by atoms with Gasteiger partial charge in [0.1, 0.15) is 5.82 Å². The van der Waals surface area contributed by atoms with Gasteiger partial charge < -0.3 is 19.9 Å². The highest BCUT2D eigenvalue weighted by Gasteiger charge is 2.18.